The standard InChI is InChI=1S/C16H31N5/c1-6-17-16-19-14(5)12-15(20-16)18-13(4)10-9-11-21(7-2)8-3/h12-13H,6-11H2,1-5H3,(H2,17,18,19,20). The Morgan fingerprint density at radius 2 is 1.90 bits per heavy atom. The molecule has 0 aliphatic rings. The van der Waals surface area contributed by atoms with E-state index in [4.69, 9.17) is 0 Å². The zero-order valence-electron chi connectivity index (χ0n) is 14.2. The molecule has 0 aliphatic carbocycles. The fourth-order valence-electron chi connectivity index (χ4n) is 2.37. The summed E-state index contributed by atoms with van der Waals surface area (Å²) in [6.45, 7) is 15.0. The highest BCUT2D eigenvalue weighted by Crippen LogP contribution is 2.12. The minimum absolute atomic E-state index is 0.421. The molecular weight excluding hydrogens is 262 g/mol. The van der Waals surface area contributed by atoms with Gasteiger partial charge in [0.05, 0.1) is 0 Å². The first-order valence-electron chi connectivity index (χ1n) is 8.17. The van der Waals surface area contributed by atoms with E-state index in [9.17, 15) is 0 Å². The largest absolute Gasteiger partial charge is 0.367 e. The minimum Gasteiger partial charge on any atom is -0.367 e. The summed E-state index contributed by atoms with van der Waals surface area (Å²) in [6.07, 6.45) is 2.36. The summed E-state index contributed by atoms with van der Waals surface area (Å²) in [5.74, 6) is 1.61. The number of aromatic nitrogens is 2. The number of anilines is 2. The van der Waals surface area contributed by atoms with Crippen LogP contribution in [0.1, 0.15) is 46.2 Å². The van der Waals surface area contributed by atoms with Crippen molar-refractivity contribution in [1.82, 2.24) is 14.9 Å². The lowest BCUT2D eigenvalue weighted by atomic mass is 10.1. The molecule has 0 amide bonds. The van der Waals surface area contributed by atoms with Crippen LogP contribution < -0.4 is 10.6 Å². The van der Waals surface area contributed by atoms with Crippen LogP contribution in [-0.2, 0) is 0 Å². The number of nitrogens with zero attached hydrogens (tertiary/aromatic N) is 3. The third-order valence-corrected chi connectivity index (χ3v) is 3.59. The molecule has 1 aromatic heterocycles. The third kappa shape index (κ3) is 6.76. The lowest BCUT2D eigenvalue weighted by Crippen LogP contribution is -2.25. The summed E-state index contributed by atoms with van der Waals surface area (Å²) < 4.78 is 0. The predicted octanol–water partition coefficient (Wildman–Crippen LogP) is 3.14. The van der Waals surface area contributed by atoms with Crippen molar-refractivity contribution < 1.29 is 0 Å². The lowest BCUT2D eigenvalue weighted by Gasteiger charge is -2.20. The van der Waals surface area contributed by atoms with E-state index < -0.39 is 0 Å². The van der Waals surface area contributed by atoms with E-state index in [-0.39, 0.29) is 0 Å². The number of aryl methyl sites for hydroxylation is 1. The fourth-order valence-corrected chi connectivity index (χ4v) is 2.37. The lowest BCUT2D eigenvalue weighted by molar-refractivity contribution is 0.295. The van der Waals surface area contributed by atoms with Gasteiger partial charge in [-0.2, -0.15) is 4.98 Å². The van der Waals surface area contributed by atoms with Crippen LogP contribution >= 0.6 is 0 Å². The van der Waals surface area contributed by atoms with E-state index in [0.717, 1.165) is 37.6 Å². The summed E-state index contributed by atoms with van der Waals surface area (Å²) in [5.41, 5.74) is 0.985. The van der Waals surface area contributed by atoms with Gasteiger partial charge in [-0.1, -0.05) is 13.8 Å². The predicted molar refractivity (Wildman–Crippen MR) is 91.0 cm³/mol. The van der Waals surface area contributed by atoms with Gasteiger partial charge >= 0.3 is 0 Å². The summed E-state index contributed by atoms with van der Waals surface area (Å²) >= 11 is 0. The molecule has 1 aromatic rings. The van der Waals surface area contributed by atoms with E-state index in [1.54, 1.807) is 0 Å². The fraction of sp³-hybridized carbons (Fsp3) is 0.750. The third-order valence-electron chi connectivity index (χ3n) is 3.59. The maximum atomic E-state index is 4.50. The van der Waals surface area contributed by atoms with Crippen molar-refractivity contribution >= 4 is 11.8 Å². The van der Waals surface area contributed by atoms with Gasteiger partial charge < -0.3 is 15.5 Å². The van der Waals surface area contributed by atoms with Gasteiger partial charge in [0.15, 0.2) is 0 Å². The van der Waals surface area contributed by atoms with Gasteiger partial charge in [0.2, 0.25) is 5.95 Å². The molecule has 0 saturated carbocycles. The van der Waals surface area contributed by atoms with E-state index in [0.29, 0.717) is 12.0 Å². The second kappa shape index (κ2) is 9.55. The molecule has 5 heteroatoms. The van der Waals surface area contributed by atoms with Crippen LogP contribution in [0.5, 0.6) is 0 Å². The molecule has 0 radical (unpaired) electrons. The van der Waals surface area contributed by atoms with Crippen molar-refractivity contribution in [2.24, 2.45) is 0 Å². The summed E-state index contributed by atoms with van der Waals surface area (Å²) in [6, 6.07) is 2.42. The van der Waals surface area contributed by atoms with Crippen molar-refractivity contribution in [2.45, 2.75) is 53.5 Å². The Labute approximate surface area is 129 Å². The molecular formula is C16H31N5. The Bertz CT molecular complexity index is 404. The Morgan fingerprint density at radius 3 is 2.52 bits per heavy atom. The van der Waals surface area contributed by atoms with Crippen LogP contribution in [0, 0.1) is 6.92 Å². The van der Waals surface area contributed by atoms with E-state index >= 15 is 0 Å². The molecule has 0 aliphatic heterocycles. The highest BCUT2D eigenvalue weighted by atomic mass is 15.1. The van der Waals surface area contributed by atoms with Gasteiger partial charge in [0.1, 0.15) is 5.82 Å². The molecule has 0 aromatic carbocycles. The molecule has 1 heterocycles. The first kappa shape index (κ1) is 17.7. The monoisotopic (exact) mass is 293 g/mol. The number of nitrogens with one attached hydrogen (secondary N) is 2. The molecule has 21 heavy (non-hydrogen) atoms. The Hall–Kier alpha value is -1.36. The SMILES string of the molecule is CCNc1nc(C)cc(NC(C)CCCN(CC)CC)n1. The molecule has 120 valence electrons. The van der Waals surface area contributed by atoms with E-state index in [2.05, 4.69) is 53.2 Å². The van der Waals surface area contributed by atoms with Crippen LogP contribution in [0.4, 0.5) is 11.8 Å². The average Bonchev–Trinajstić information content (AvgIpc) is 2.43. The van der Waals surface area contributed by atoms with Crippen molar-refractivity contribution in [2.75, 3.05) is 36.8 Å². The smallest absolute Gasteiger partial charge is 0.224 e. The highest BCUT2D eigenvalue weighted by molar-refractivity contribution is 5.42. The summed E-state index contributed by atoms with van der Waals surface area (Å²) in [5, 5.41) is 6.65. The summed E-state index contributed by atoms with van der Waals surface area (Å²) in [4.78, 5) is 11.3. The van der Waals surface area contributed by atoms with E-state index in [1.165, 1.54) is 13.0 Å². The molecule has 0 spiro atoms. The van der Waals surface area contributed by atoms with Crippen LogP contribution in [0.15, 0.2) is 6.07 Å². The van der Waals surface area contributed by atoms with Gasteiger partial charge in [0, 0.05) is 24.3 Å². The minimum atomic E-state index is 0.421. The van der Waals surface area contributed by atoms with Gasteiger partial charge in [-0.25, -0.2) is 4.98 Å². The Morgan fingerprint density at radius 1 is 1.19 bits per heavy atom. The van der Waals surface area contributed by atoms with Gasteiger partial charge in [-0.05, 0) is 53.2 Å². The molecule has 5 nitrogen and oxygen atoms in total. The maximum absolute atomic E-state index is 4.50. The molecule has 0 bridgehead atoms. The zero-order valence-corrected chi connectivity index (χ0v) is 14.2. The van der Waals surface area contributed by atoms with Crippen LogP contribution in [-0.4, -0.2) is 47.1 Å². The van der Waals surface area contributed by atoms with Crippen molar-refractivity contribution in [3.05, 3.63) is 11.8 Å². The van der Waals surface area contributed by atoms with Gasteiger partial charge in [0.25, 0.3) is 0 Å². The average molecular weight is 293 g/mol. The molecule has 0 saturated heterocycles. The maximum Gasteiger partial charge on any atom is 0.224 e. The highest BCUT2D eigenvalue weighted by Gasteiger charge is 2.07. The normalized spacial score (nSPS) is 12.5. The molecule has 1 atom stereocenters. The first-order valence-corrected chi connectivity index (χ1v) is 8.17. The van der Waals surface area contributed by atoms with Crippen LogP contribution in [0.2, 0.25) is 0 Å². The van der Waals surface area contributed by atoms with Gasteiger partial charge in [-0.3, -0.25) is 0 Å². The first-order chi connectivity index (χ1) is 10.1. The second-order valence-electron chi connectivity index (χ2n) is 5.46. The quantitative estimate of drug-likeness (QED) is 0.694. The number of rotatable bonds is 10. The molecule has 1 unspecified atom stereocenters. The van der Waals surface area contributed by atoms with Crippen LogP contribution in [0.3, 0.4) is 0 Å². The molecule has 2 N–H and O–H groups in total. The number of hydrogen-bond donors (Lipinski definition) is 2. The number of hydrogen-bond acceptors (Lipinski definition) is 5. The Balaban J connectivity index is 2.45. The topological polar surface area (TPSA) is 53.1 Å². The molecule has 1 rings (SSSR count). The zero-order chi connectivity index (χ0) is 15.7. The Kier molecular flexibility index (Phi) is 8.05. The van der Waals surface area contributed by atoms with Gasteiger partial charge in [-0.15, -0.1) is 0 Å². The van der Waals surface area contributed by atoms with Crippen molar-refractivity contribution in [3.63, 3.8) is 0 Å². The van der Waals surface area contributed by atoms with Crippen LogP contribution in [0.25, 0.3) is 0 Å². The molecule has 0 fully saturated rings. The summed E-state index contributed by atoms with van der Waals surface area (Å²) in [7, 11) is 0. The second-order valence-corrected chi connectivity index (χ2v) is 5.46. The van der Waals surface area contributed by atoms with Crippen molar-refractivity contribution in [1.29, 1.82) is 0 Å². The van der Waals surface area contributed by atoms with Crippen molar-refractivity contribution in [3.8, 4) is 0 Å². The van der Waals surface area contributed by atoms with E-state index in [1.807, 2.05) is 13.0 Å².